The summed E-state index contributed by atoms with van der Waals surface area (Å²) in [6, 6.07) is 9.87. The van der Waals surface area contributed by atoms with Crippen LogP contribution in [0.3, 0.4) is 0 Å². The Morgan fingerprint density at radius 2 is 2.09 bits per heavy atom. The number of carbonyl (C=O) groups excluding carboxylic acids is 2. The first-order valence-electron chi connectivity index (χ1n) is 6.67. The van der Waals surface area contributed by atoms with Crippen LogP contribution in [0, 0.1) is 11.3 Å². The topological polar surface area (TPSA) is 88.4 Å². The van der Waals surface area contributed by atoms with Crippen LogP contribution < -0.4 is 10.1 Å². The Bertz CT molecular complexity index is 516. The zero-order valence-corrected chi connectivity index (χ0v) is 13.1. The van der Waals surface area contributed by atoms with E-state index in [0.29, 0.717) is 17.9 Å². The minimum absolute atomic E-state index is 0.189. The van der Waals surface area contributed by atoms with Crippen LogP contribution in [0.2, 0.25) is 0 Å². The van der Waals surface area contributed by atoms with Crippen molar-refractivity contribution in [3.63, 3.8) is 0 Å². The van der Waals surface area contributed by atoms with E-state index < -0.39 is 17.9 Å². The zero-order chi connectivity index (χ0) is 16.2. The molecule has 22 heavy (non-hydrogen) atoms. The second kappa shape index (κ2) is 10.5. The van der Waals surface area contributed by atoms with Crippen molar-refractivity contribution < 1.29 is 19.1 Å². The molecular formula is C15H18N2O4S. The number of nitrogens with one attached hydrogen (secondary N) is 1. The van der Waals surface area contributed by atoms with Gasteiger partial charge in [0.05, 0.1) is 0 Å². The van der Waals surface area contributed by atoms with Crippen LogP contribution in [0.15, 0.2) is 30.3 Å². The molecule has 0 spiro atoms. The van der Waals surface area contributed by atoms with Gasteiger partial charge in [0.15, 0.2) is 13.2 Å². The molecule has 1 rings (SSSR count). The molecule has 0 bridgehead atoms. The average molecular weight is 322 g/mol. The second-order valence-electron chi connectivity index (χ2n) is 4.27. The molecule has 7 heteroatoms. The molecule has 0 aliphatic carbocycles. The Kier molecular flexibility index (Phi) is 8.53. The predicted octanol–water partition coefficient (Wildman–Crippen LogP) is 1.37. The monoisotopic (exact) mass is 322 g/mol. The van der Waals surface area contributed by atoms with Crippen molar-refractivity contribution in [1.29, 1.82) is 5.26 Å². The molecule has 0 aliphatic rings. The van der Waals surface area contributed by atoms with Gasteiger partial charge in [-0.25, -0.2) is 4.79 Å². The number of rotatable bonds is 9. The first-order valence-corrected chi connectivity index (χ1v) is 8.06. The Morgan fingerprint density at radius 3 is 2.73 bits per heavy atom. The lowest BCUT2D eigenvalue weighted by atomic mass is 10.2. The highest BCUT2D eigenvalue weighted by Gasteiger charge is 2.22. The molecule has 0 unspecified atom stereocenters. The lowest BCUT2D eigenvalue weighted by molar-refractivity contribution is -0.146. The number of thioether (sulfide) groups is 1. The van der Waals surface area contributed by atoms with Crippen LogP contribution in [-0.2, 0) is 14.3 Å². The van der Waals surface area contributed by atoms with Crippen molar-refractivity contribution in [1.82, 2.24) is 5.32 Å². The largest absolute Gasteiger partial charge is 0.484 e. The number of ether oxygens (including phenoxy) is 2. The number of para-hydroxylation sites is 1. The number of amides is 1. The van der Waals surface area contributed by atoms with Crippen molar-refractivity contribution in [2.24, 2.45) is 0 Å². The SMILES string of the molecule is CSCC[C@H](NC(=O)COc1ccccc1)C(=O)OCC#N. The van der Waals surface area contributed by atoms with Gasteiger partial charge in [-0.3, -0.25) is 4.79 Å². The molecule has 1 amide bonds. The van der Waals surface area contributed by atoms with Crippen LogP contribution in [0.1, 0.15) is 6.42 Å². The summed E-state index contributed by atoms with van der Waals surface area (Å²) in [5.74, 6) is 0.240. The third-order valence-corrected chi connectivity index (χ3v) is 3.27. The van der Waals surface area contributed by atoms with E-state index in [1.165, 1.54) is 0 Å². The Hall–Kier alpha value is -2.20. The second-order valence-corrected chi connectivity index (χ2v) is 5.25. The summed E-state index contributed by atoms with van der Waals surface area (Å²) in [5, 5.41) is 11.0. The fraction of sp³-hybridized carbons (Fsp3) is 0.400. The summed E-state index contributed by atoms with van der Waals surface area (Å²) in [6.45, 7) is -0.518. The molecule has 0 saturated carbocycles. The molecule has 0 radical (unpaired) electrons. The van der Waals surface area contributed by atoms with Crippen molar-refractivity contribution in [3.05, 3.63) is 30.3 Å². The molecule has 0 fully saturated rings. The highest BCUT2D eigenvalue weighted by Crippen LogP contribution is 2.08. The normalized spacial score (nSPS) is 11.1. The zero-order valence-electron chi connectivity index (χ0n) is 12.3. The number of nitrogens with zero attached hydrogens (tertiary/aromatic N) is 1. The molecule has 0 aromatic heterocycles. The molecule has 1 N–H and O–H groups in total. The maximum Gasteiger partial charge on any atom is 0.329 e. The summed E-state index contributed by atoms with van der Waals surface area (Å²) < 4.78 is 10.1. The van der Waals surface area contributed by atoms with E-state index in [0.717, 1.165) is 0 Å². The standard InChI is InChI=1S/C15H18N2O4S/c1-22-10-7-13(15(19)20-9-8-16)17-14(18)11-21-12-5-3-2-4-6-12/h2-6,13H,7,9-11H2,1H3,(H,17,18)/t13-/m0/s1. The van der Waals surface area contributed by atoms with Crippen molar-refractivity contribution >= 4 is 23.6 Å². The summed E-state index contributed by atoms with van der Waals surface area (Å²) in [5.41, 5.74) is 0. The Labute approximate surface area is 133 Å². The van der Waals surface area contributed by atoms with Gasteiger partial charge in [0.2, 0.25) is 0 Å². The van der Waals surface area contributed by atoms with E-state index in [1.54, 1.807) is 42.1 Å². The van der Waals surface area contributed by atoms with Crippen LogP contribution in [0.5, 0.6) is 5.75 Å². The fourth-order valence-corrected chi connectivity index (χ4v) is 2.06. The third kappa shape index (κ3) is 6.99. The summed E-state index contributed by atoms with van der Waals surface area (Å²) in [4.78, 5) is 23.6. The first-order chi connectivity index (χ1) is 10.7. The number of esters is 1. The van der Waals surface area contributed by atoms with E-state index in [-0.39, 0.29) is 13.2 Å². The minimum atomic E-state index is -0.771. The molecule has 0 heterocycles. The first kappa shape index (κ1) is 17.9. The number of benzene rings is 1. The van der Waals surface area contributed by atoms with Crippen LogP contribution in [0.4, 0.5) is 0 Å². The molecular weight excluding hydrogens is 304 g/mol. The molecule has 0 aliphatic heterocycles. The van der Waals surface area contributed by atoms with Crippen molar-refractivity contribution in [2.75, 3.05) is 25.2 Å². The molecule has 1 aromatic rings. The van der Waals surface area contributed by atoms with E-state index >= 15 is 0 Å². The number of carbonyl (C=O) groups is 2. The van der Waals surface area contributed by atoms with Gasteiger partial charge in [-0.05, 0) is 30.6 Å². The summed E-state index contributed by atoms with van der Waals surface area (Å²) >= 11 is 1.55. The van der Waals surface area contributed by atoms with E-state index in [2.05, 4.69) is 5.32 Å². The van der Waals surface area contributed by atoms with Crippen molar-refractivity contribution in [3.8, 4) is 11.8 Å². The van der Waals surface area contributed by atoms with Gasteiger partial charge in [-0.2, -0.15) is 17.0 Å². The molecule has 6 nitrogen and oxygen atoms in total. The number of hydrogen-bond acceptors (Lipinski definition) is 6. The fourth-order valence-electron chi connectivity index (χ4n) is 1.59. The van der Waals surface area contributed by atoms with E-state index in [1.807, 2.05) is 12.3 Å². The van der Waals surface area contributed by atoms with Crippen LogP contribution in [-0.4, -0.2) is 43.1 Å². The van der Waals surface area contributed by atoms with Gasteiger partial charge in [0.1, 0.15) is 17.9 Å². The maximum atomic E-state index is 11.9. The van der Waals surface area contributed by atoms with Gasteiger partial charge >= 0.3 is 5.97 Å². The summed E-state index contributed by atoms with van der Waals surface area (Å²) in [7, 11) is 0. The highest BCUT2D eigenvalue weighted by molar-refractivity contribution is 7.98. The van der Waals surface area contributed by atoms with Gasteiger partial charge < -0.3 is 14.8 Å². The smallest absolute Gasteiger partial charge is 0.329 e. The Balaban J connectivity index is 2.47. The average Bonchev–Trinajstić information content (AvgIpc) is 2.55. The lowest BCUT2D eigenvalue weighted by Crippen LogP contribution is -2.44. The highest BCUT2D eigenvalue weighted by atomic mass is 32.2. The van der Waals surface area contributed by atoms with Gasteiger partial charge in [-0.15, -0.1) is 0 Å². The quantitative estimate of drug-likeness (QED) is 0.691. The van der Waals surface area contributed by atoms with E-state index in [4.69, 9.17) is 14.7 Å². The van der Waals surface area contributed by atoms with Crippen molar-refractivity contribution in [2.45, 2.75) is 12.5 Å². The maximum absolute atomic E-state index is 11.9. The van der Waals surface area contributed by atoms with Gasteiger partial charge in [0.25, 0.3) is 5.91 Å². The third-order valence-electron chi connectivity index (χ3n) is 2.62. The Morgan fingerprint density at radius 1 is 1.36 bits per heavy atom. The molecule has 1 atom stereocenters. The van der Waals surface area contributed by atoms with Crippen LogP contribution in [0.25, 0.3) is 0 Å². The van der Waals surface area contributed by atoms with Crippen LogP contribution >= 0.6 is 11.8 Å². The van der Waals surface area contributed by atoms with Gasteiger partial charge in [-0.1, -0.05) is 18.2 Å². The predicted molar refractivity (Wildman–Crippen MR) is 83.4 cm³/mol. The lowest BCUT2D eigenvalue weighted by Gasteiger charge is -2.16. The number of nitriles is 1. The molecule has 118 valence electrons. The molecule has 1 aromatic carbocycles. The summed E-state index contributed by atoms with van der Waals surface area (Å²) in [6.07, 6.45) is 2.33. The number of hydrogen-bond donors (Lipinski definition) is 1. The minimum Gasteiger partial charge on any atom is -0.484 e. The molecule has 0 saturated heterocycles. The van der Waals surface area contributed by atoms with Gasteiger partial charge in [0, 0.05) is 0 Å². The van der Waals surface area contributed by atoms with E-state index in [9.17, 15) is 9.59 Å².